The summed E-state index contributed by atoms with van der Waals surface area (Å²) in [6.45, 7) is 4.38. The molecule has 1 aliphatic rings. The number of amides is 1. The maximum Gasteiger partial charge on any atom is 0.258 e. The van der Waals surface area contributed by atoms with Crippen molar-refractivity contribution < 1.29 is 4.79 Å². The van der Waals surface area contributed by atoms with Crippen LogP contribution in [0.5, 0.6) is 0 Å². The van der Waals surface area contributed by atoms with Crippen molar-refractivity contribution in [1.82, 2.24) is 0 Å². The quantitative estimate of drug-likeness (QED) is 0.363. The first kappa shape index (κ1) is 21.2. The van der Waals surface area contributed by atoms with Gasteiger partial charge in [-0.05, 0) is 89.2 Å². The maximum absolute atomic E-state index is 13.6. The minimum absolute atomic E-state index is 0.0190. The van der Waals surface area contributed by atoms with Gasteiger partial charge in [-0.2, -0.15) is 0 Å². The molecule has 1 aliphatic heterocycles. The Morgan fingerprint density at radius 2 is 1.70 bits per heavy atom. The van der Waals surface area contributed by atoms with Gasteiger partial charge >= 0.3 is 0 Å². The highest BCUT2D eigenvalue weighted by Gasteiger charge is 2.40. The first-order valence-corrected chi connectivity index (χ1v) is 11.7. The van der Waals surface area contributed by atoms with Gasteiger partial charge in [0.1, 0.15) is 0 Å². The number of hydrogen-bond donors (Lipinski definition) is 1. The van der Waals surface area contributed by atoms with Gasteiger partial charge < -0.3 is 10.2 Å². The molecule has 3 aromatic carbocycles. The Morgan fingerprint density at radius 1 is 1.03 bits per heavy atom. The van der Waals surface area contributed by atoms with Crippen molar-refractivity contribution >= 4 is 51.5 Å². The average molecular weight is 531 g/mol. The van der Waals surface area contributed by atoms with E-state index in [-0.39, 0.29) is 23.9 Å². The Bertz CT molecular complexity index is 1040. The lowest BCUT2D eigenvalue weighted by molar-refractivity contribution is 0.0960. The molecular weight excluding hydrogens is 507 g/mol. The van der Waals surface area contributed by atoms with E-state index < -0.39 is 0 Å². The van der Waals surface area contributed by atoms with Crippen LogP contribution in [0.2, 0.25) is 5.02 Å². The normalized spacial score (nSPS) is 20.5. The fourth-order valence-electron chi connectivity index (χ4n) is 4.37. The largest absolute Gasteiger partial charge is 0.378 e. The van der Waals surface area contributed by atoms with E-state index in [0.29, 0.717) is 10.6 Å². The average Bonchev–Trinajstić information content (AvgIpc) is 2.76. The zero-order valence-corrected chi connectivity index (χ0v) is 19.9. The zero-order chi connectivity index (χ0) is 21.3. The fraction of sp³-hybridized carbons (Fsp3) is 0.240. The summed E-state index contributed by atoms with van der Waals surface area (Å²) >= 11 is 8.35. The van der Waals surface area contributed by atoms with E-state index in [1.54, 1.807) is 24.3 Å². The third kappa shape index (κ3) is 4.08. The van der Waals surface area contributed by atoms with Crippen LogP contribution in [-0.4, -0.2) is 11.9 Å². The summed E-state index contributed by atoms with van der Waals surface area (Å²) in [7, 11) is 0. The van der Waals surface area contributed by atoms with Crippen molar-refractivity contribution in [2.24, 2.45) is 5.92 Å². The van der Waals surface area contributed by atoms with E-state index in [2.05, 4.69) is 78.2 Å². The number of halogens is 2. The Balaban J connectivity index is 1.75. The van der Waals surface area contributed by atoms with Gasteiger partial charge in [-0.25, -0.2) is 0 Å². The Hall–Kier alpha value is -2.05. The second-order valence-electron chi connectivity index (χ2n) is 7.70. The molecule has 0 saturated heterocycles. The number of nitrogens with zero attached hydrogens (tertiary/aromatic N) is 1. The van der Waals surface area contributed by atoms with E-state index in [4.69, 9.17) is 11.6 Å². The van der Waals surface area contributed by atoms with Crippen LogP contribution in [0, 0.1) is 9.49 Å². The van der Waals surface area contributed by atoms with Crippen LogP contribution in [0.15, 0.2) is 72.8 Å². The molecule has 0 radical (unpaired) electrons. The molecule has 0 unspecified atom stereocenters. The summed E-state index contributed by atoms with van der Waals surface area (Å²) in [5.74, 6) is 0.256. The molecule has 1 heterocycles. The predicted molar refractivity (Wildman–Crippen MR) is 133 cm³/mol. The summed E-state index contributed by atoms with van der Waals surface area (Å²) in [5, 5.41) is 4.36. The Kier molecular flexibility index (Phi) is 6.34. The zero-order valence-electron chi connectivity index (χ0n) is 17.0. The first-order chi connectivity index (χ1) is 14.5. The van der Waals surface area contributed by atoms with Gasteiger partial charge in [0.15, 0.2) is 0 Å². The second kappa shape index (κ2) is 8.98. The highest BCUT2D eigenvalue weighted by atomic mass is 127. The number of benzene rings is 3. The van der Waals surface area contributed by atoms with Crippen LogP contribution < -0.4 is 10.2 Å². The van der Waals surface area contributed by atoms with Crippen molar-refractivity contribution in [3.63, 3.8) is 0 Å². The number of carbonyl (C=O) groups is 1. The summed E-state index contributed by atoms with van der Waals surface area (Å²) in [4.78, 5) is 15.5. The molecule has 5 heteroatoms. The van der Waals surface area contributed by atoms with Gasteiger partial charge in [-0.15, -0.1) is 0 Å². The molecule has 0 fully saturated rings. The Labute approximate surface area is 196 Å². The third-order valence-corrected chi connectivity index (χ3v) is 6.86. The van der Waals surface area contributed by atoms with Crippen LogP contribution in [0.25, 0.3) is 0 Å². The minimum Gasteiger partial charge on any atom is -0.378 e. The van der Waals surface area contributed by atoms with Crippen molar-refractivity contribution in [2.75, 3.05) is 10.2 Å². The number of rotatable bonds is 4. The first-order valence-electron chi connectivity index (χ1n) is 10.2. The van der Waals surface area contributed by atoms with Crippen molar-refractivity contribution in [2.45, 2.75) is 32.4 Å². The summed E-state index contributed by atoms with van der Waals surface area (Å²) in [6.07, 6.45) is 0.875. The lowest BCUT2D eigenvalue weighted by Crippen LogP contribution is -2.50. The van der Waals surface area contributed by atoms with Gasteiger partial charge in [0.25, 0.3) is 5.91 Å². The Morgan fingerprint density at radius 3 is 2.37 bits per heavy atom. The van der Waals surface area contributed by atoms with Crippen LogP contribution in [0.3, 0.4) is 0 Å². The van der Waals surface area contributed by atoms with E-state index in [1.165, 1.54) is 3.57 Å². The van der Waals surface area contributed by atoms with Gasteiger partial charge in [0.2, 0.25) is 0 Å². The molecule has 3 nitrogen and oxygen atoms in total. The van der Waals surface area contributed by atoms with Gasteiger partial charge in [-0.3, -0.25) is 4.79 Å². The molecule has 0 saturated carbocycles. The van der Waals surface area contributed by atoms with Crippen molar-refractivity contribution in [3.8, 4) is 0 Å². The molecule has 3 atom stereocenters. The van der Waals surface area contributed by atoms with Gasteiger partial charge in [0, 0.05) is 37.5 Å². The monoisotopic (exact) mass is 530 g/mol. The third-order valence-electron chi connectivity index (χ3n) is 5.89. The number of para-hydroxylation sites is 1. The fourth-order valence-corrected chi connectivity index (χ4v) is 4.86. The van der Waals surface area contributed by atoms with Gasteiger partial charge in [-0.1, -0.05) is 43.6 Å². The molecule has 30 heavy (non-hydrogen) atoms. The topological polar surface area (TPSA) is 32.3 Å². The molecule has 0 spiro atoms. The smallest absolute Gasteiger partial charge is 0.258 e. The second-order valence-corrected chi connectivity index (χ2v) is 9.39. The van der Waals surface area contributed by atoms with Gasteiger partial charge in [0.05, 0.1) is 6.04 Å². The molecule has 1 amide bonds. The summed E-state index contributed by atoms with van der Waals surface area (Å²) < 4.78 is 1.21. The summed E-state index contributed by atoms with van der Waals surface area (Å²) in [6, 6.07) is 24.1. The summed E-state index contributed by atoms with van der Waals surface area (Å²) in [5.41, 5.74) is 3.87. The minimum atomic E-state index is 0.0190. The lowest BCUT2D eigenvalue weighted by atomic mass is 9.80. The SMILES string of the molecule is CC[C@@H]1[C@@H](C)[C@H](Nc2ccc(I)cc2)c2ccccc2N1C(=O)c1ccc(Cl)cc1. The molecule has 154 valence electrons. The van der Waals surface area contributed by atoms with E-state index in [9.17, 15) is 4.79 Å². The molecule has 0 bridgehead atoms. The number of nitrogens with one attached hydrogen (secondary N) is 1. The predicted octanol–water partition coefficient (Wildman–Crippen LogP) is 7.17. The van der Waals surface area contributed by atoms with Crippen LogP contribution in [0.4, 0.5) is 11.4 Å². The number of anilines is 2. The maximum atomic E-state index is 13.6. The molecule has 0 aliphatic carbocycles. The standard InChI is InChI=1S/C25H24ClIN2O/c1-3-22-16(2)24(28-20-14-12-19(27)13-15-20)21-6-4-5-7-23(21)29(22)25(30)17-8-10-18(26)11-9-17/h4-16,22,24,28H,3H2,1-2H3/t16-,22-,24+/m1/s1. The molecular formula is C25H24ClIN2O. The number of carbonyl (C=O) groups excluding carboxylic acids is 1. The highest BCUT2D eigenvalue weighted by molar-refractivity contribution is 14.1. The van der Waals surface area contributed by atoms with Crippen molar-refractivity contribution in [3.05, 3.63) is 92.5 Å². The van der Waals surface area contributed by atoms with Crippen LogP contribution >= 0.6 is 34.2 Å². The molecule has 3 aromatic rings. The van der Waals surface area contributed by atoms with E-state index >= 15 is 0 Å². The van der Waals surface area contributed by atoms with Crippen molar-refractivity contribution in [1.29, 1.82) is 0 Å². The van der Waals surface area contributed by atoms with Crippen LogP contribution in [-0.2, 0) is 0 Å². The van der Waals surface area contributed by atoms with E-state index in [1.807, 2.05) is 17.0 Å². The molecule has 0 aromatic heterocycles. The number of fused-ring (bicyclic) bond motifs is 1. The van der Waals surface area contributed by atoms with E-state index in [0.717, 1.165) is 23.4 Å². The highest BCUT2D eigenvalue weighted by Crippen LogP contribution is 2.44. The number of hydrogen-bond acceptors (Lipinski definition) is 2. The molecule has 1 N–H and O–H groups in total. The molecule has 4 rings (SSSR count). The lowest BCUT2D eigenvalue weighted by Gasteiger charge is -2.45. The van der Waals surface area contributed by atoms with Crippen LogP contribution in [0.1, 0.15) is 42.2 Å².